The molecule has 1 saturated carbocycles. The number of aromatic carboxylic acids is 1. The van der Waals surface area contributed by atoms with E-state index in [0.29, 0.717) is 0 Å². The molecule has 0 saturated heterocycles. The zero-order chi connectivity index (χ0) is 27.1. The van der Waals surface area contributed by atoms with E-state index in [1.165, 1.54) is 4.57 Å². The van der Waals surface area contributed by atoms with Crippen LogP contribution in [0, 0.1) is 5.92 Å². The van der Waals surface area contributed by atoms with Gasteiger partial charge in [0, 0.05) is 12.1 Å². The van der Waals surface area contributed by atoms with Crippen molar-refractivity contribution in [1.82, 2.24) is 9.55 Å². The lowest BCUT2D eigenvalue weighted by molar-refractivity contribution is -0.183. The highest BCUT2D eigenvalue weighted by Gasteiger charge is 2.42. The monoisotopic (exact) mass is 569 g/mol. The van der Waals surface area contributed by atoms with Crippen molar-refractivity contribution in [1.29, 1.82) is 0 Å². The Morgan fingerprint density at radius 3 is 2.24 bits per heavy atom. The van der Waals surface area contributed by atoms with Crippen molar-refractivity contribution < 1.29 is 41.0 Å². The molecular weight excluding hydrogens is 551 g/mol. The predicted octanol–water partition coefficient (Wildman–Crippen LogP) is 8.02. The van der Waals surface area contributed by atoms with Gasteiger partial charge in [-0.2, -0.15) is 26.3 Å². The van der Waals surface area contributed by atoms with Gasteiger partial charge in [0.05, 0.1) is 32.7 Å². The molecule has 14 heteroatoms. The van der Waals surface area contributed by atoms with Gasteiger partial charge in [-0.05, 0) is 43.9 Å². The lowest BCUT2D eigenvalue weighted by Gasteiger charge is -2.31. The van der Waals surface area contributed by atoms with E-state index in [0.717, 1.165) is 12.1 Å². The molecule has 0 atom stereocenters. The number of carboxylic acids is 1. The average Bonchev–Trinajstić information content (AvgIpc) is 3.15. The second-order valence-electron chi connectivity index (χ2n) is 8.62. The zero-order valence-corrected chi connectivity index (χ0v) is 20.3. The summed E-state index contributed by atoms with van der Waals surface area (Å²) in [5.74, 6) is -3.48. The summed E-state index contributed by atoms with van der Waals surface area (Å²) >= 11 is 12.5. The van der Waals surface area contributed by atoms with Gasteiger partial charge >= 0.3 is 18.3 Å². The molecule has 1 aliphatic rings. The summed E-state index contributed by atoms with van der Waals surface area (Å²) in [5, 5.41) is 12.9. The molecule has 2 aromatic carbocycles. The number of hydrogen-bond donors (Lipinski definition) is 2. The molecule has 0 bridgehead atoms. The van der Waals surface area contributed by atoms with Crippen LogP contribution in [0.25, 0.3) is 11.0 Å². The van der Waals surface area contributed by atoms with Gasteiger partial charge in [0.15, 0.2) is 6.61 Å². The van der Waals surface area contributed by atoms with E-state index in [9.17, 15) is 36.2 Å². The summed E-state index contributed by atoms with van der Waals surface area (Å²) in [7, 11) is 0. The molecule has 1 aromatic heterocycles. The summed E-state index contributed by atoms with van der Waals surface area (Å²) in [6.45, 7) is -1.73. The number of hydrogen-bond acceptors (Lipinski definition) is 4. The van der Waals surface area contributed by atoms with Crippen molar-refractivity contribution in [2.24, 2.45) is 5.92 Å². The van der Waals surface area contributed by atoms with Gasteiger partial charge in [0.2, 0.25) is 5.95 Å². The summed E-state index contributed by atoms with van der Waals surface area (Å²) in [5.41, 5.74) is -0.0356. The Morgan fingerprint density at radius 2 is 1.70 bits per heavy atom. The fourth-order valence-corrected chi connectivity index (χ4v) is 4.91. The van der Waals surface area contributed by atoms with Gasteiger partial charge in [-0.1, -0.05) is 29.3 Å². The number of aromatic nitrogens is 2. The number of carbonyl (C=O) groups is 1. The van der Waals surface area contributed by atoms with Gasteiger partial charge in [0.1, 0.15) is 11.3 Å². The Morgan fingerprint density at radius 1 is 1.08 bits per heavy atom. The molecule has 1 heterocycles. The van der Waals surface area contributed by atoms with Crippen LogP contribution in [0.1, 0.15) is 42.1 Å². The molecule has 2 N–H and O–H groups in total. The Labute approximate surface area is 216 Å². The van der Waals surface area contributed by atoms with Gasteiger partial charge in [-0.3, -0.25) is 0 Å². The van der Waals surface area contributed by atoms with Crippen molar-refractivity contribution in [3.63, 3.8) is 0 Å². The highest BCUT2D eigenvalue weighted by Crippen LogP contribution is 2.44. The molecule has 4 rings (SSSR count). The van der Waals surface area contributed by atoms with Crippen molar-refractivity contribution in [3.05, 3.63) is 45.9 Å². The van der Waals surface area contributed by atoms with E-state index >= 15 is 0 Å². The molecule has 1 aliphatic carbocycles. The number of rotatable bonds is 6. The van der Waals surface area contributed by atoms with Crippen LogP contribution in [0.5, 0.6) is 5.75 Å². The summed E-state index contributed by atoms with van der Waals surface area (Å²) in [4.78, 5) is 16.1. The van der Waals surface area contributed by atoms with Gasteiger partial charge in [-0.25, -0.2) is 9.78 Å². The summed E-state index contributed by atoms with van der Waals surface area (Å²) < 4.78 is 84.5. The molecule has 0 radical (unpaired) electrons. The minimum Gasteiger partial charge on any atom is -0.483 e. The lowest BCUT2D eigenvalue weighted by atomic mass is 9.85. The molecule has 37 heavy (non-hydrogen) atoms. The van der Waals surface area contributed by atoms with E-state index in [1.807, 2.05) is 0 Å². The maximum absolute atomic E-state index is 13.2. The van der Waals surface area contributed by atoms with Crippen molar-refractivity contribution in [2.75, 3.05) is 11.9 Å². The maximum atomic E-state index is 13.2. The van der Waals surface area contributed by atoms with E-state index in [-0.39, 0.29) is 58.4 Å². The smallest absolute Gasteiger partial charge is 0.422 e. The Hall–Kier alpha value is -2.86. The number of para-hydroxylation sites is 1. The van der Waals surface area contributed by atoms with Crippen molar-refractivity contribution in [2.45, 2.75) is 44.1 Å². The molecule has 0 spiro atoms. The zero-order valence-electron chi connectivity index (χ0n) is 18.8. The summed E-state index contributed by atoms with van der Waals surface area (Å²) in [6, 6.07) is 6.32. The van der Waals surface area contributed by atoms with Crippen LogP contribution in [0.2, 0.25) is 10.0 Å². The number of nitrogens with one attached hydrogen (secondary N) is 1. The van der Waals surface area contributed by atoms with Crippen molar-refractivity contribution in [3.8, 4) is 5.75 Å². The second-order valence-corrected chi connectivity index (χ2v) is 9.43. The van der Waals surface area contributed by atoms with Crippen molar-refractivity contribution >= 4 is 51.8 Å². The van der Waals surface area contributed by atoms with E-state index in [4.69, 9.17) is 27.9 Å². The fraction of sp³-hybridized carbons (Fsp3) is 0.391. The number of nitrogens with zero attached hydrogens (tertiary/aromatic N) is 2. The third-order valence-corrected chi connectivity index (χ3v) is 6.77. The molecule has 0 aliphatic heterocycles. The minimum atomic E-state index is -4.73. The third-order valence-electron chi connectivity index (χ3n) is 6.14. The molecule has 6 nitrogen and oxygen atoms in total. The van der Waals surface area contributed by atoms with Crippen LogP contribution in [0.3, 0.4) is 0 Å². The number of fused-ring (bicyclic) bond motifs is 1. The molecule has 1 fully saturated rings. The molecular formula is C23H19Cl2F6N3O3. The molecule has 0 amide bonds. The average molecular weight is 570 g/mol. The van der Waals surface area contributed by atoms with Crippen LogP contribution in [-0.4, -0.2) is 39.6 Å². The first kappa shape index (κ1) is 27.2. The first-order valence-corrected chi connectivity index (χ1v) is 11.8. The minimum absolute atomic E-state index is 0.0837. The SMILES string of the molecule is O=C(O)c1cc2nc(Nc3c(Cl)cccc3Cl)n([C@H]3CC[C@H](C(F)(F)F)CC3)c2cc1OCC(F)(F)F. The number of halogens is 8. The van der Waals surface area contributed by atoms with E-state index in [2.05, 4.69) is 10.3 Å². The Balaban J connectivity index is 1.83. The predicted molar refractivity (Wildman–Crippen MR) is 125 cm³/mol. The number of alkyl halides is 6. The number of ether oxygens (including phenoxy) is 1. The van der Waals surface area contributed by atoms with Crippen LogP contribution < -0.4 is 10.1 Å². The number of anilines is 2. The largest absolute Gasteiger partial charge is 0.483 e. The van der Waals surface area contributed by atoms with Gasteiger partial charge in [-0.15, -0.1) is 0 Å². The number of carboxylic acid groups (broad SMARTS) is 1. The highest BCUT2D eigenvalue weighted by molar-refractivity contribution is 6.39. The summed E-state index contributed by atoms with van der Waals surface area (Å²) in [6.07, 6.45) is -9.20. The molecule has 200 valence electrons. The standard InChI is InChI=1S/C23H19Cl2F6N3O3/c24-14-2-1-3-15(25)19(14)33-21-32-16-8-13(20(35)36)18(37-10-22(26,27)28)9-17(16)34(21)12-6-4-11(5-7-12)23(29,30)31/h1-3,8-9,11-12H,4-7,10H2,(H,32,33)(H,35,36)/t11-,12-. The lowest BCUT2D eigenvalue weighted by Crippen LogP contribution is -2.29. The van der Waals surface area contributed by atoms with E-state index < -0.39 is 48.2 Å². The highest BCUT2D eigenvalue weighted by atomic mass is 35.5. The quantitative estimate of drug-likeness (QED) is 0.294. The second kappa shape index (κ2) is 10.1. The van der Waals surface area contributed by atoms with Crippen LogP contribution in [0.15, 0.2) is 30.3 Å². The Bertz CT molecular complexity index is 1300. The molecule has 0 unspecified atom stereocenters. The van der Waals surface area contributed by atoms with Crippen LogP contribution >= 0.6 is 23.2 Å². The maximum Gasteiger partial charge on any atom is 0.422 e. The Kier molecular flexibility index (Phi) is 7.44. The van der Waals surface area contributed by atoms with Gasteiger partial charge in [0.25, 0.3) is 0 Å². The van der Waals surface area contributed by atoms with Crippen LogP contribution in [-0.2, 0) is 0 Å². The molecule has 3 aromatic rings. The fourth-order valence-electron chi connectivity index (χ4n) is 4.42. The number of imidazole rings is 1. The first-order valence-electron chi connectivity index (χ1n) is 11.0. The van der Waals surface area contributed by atoms with Gasteiger partial charge < -0.3 is 19.7 Å². The third kappa shape index (κ3) is 6.01. The van der Waals surface area contributed by atoms with E-state index in [1.54, 1.807) is 18.2 Å². The van der Waals surface area contributed by atoms with Crippen LogP contribution in [0.4, 0.5) is 38.0 Å². The normalized spacial score (nSPS) is 18.7. The topological polar surface area (TPSA) is 76.4 Å². The first-order chi connectivity index (χ1) is 17.2. The number of benzene rings is 2.